The van der Waals surface area contributed by atoms with Gasteiger partial charge in [0.25, 0.3) is 0 Å². The summed E-state index contributed by atoms with van der Waals surface area (Å²) in [6.07, 6.45) is 0.449. The van der Waals surface area contributed by atoms with Gasteiger partial charge in [0.15, 0.2) is 11.5 Å². The minimum absolute atomic E-state index is 0.223. The second kappa shape index (κ2) is 5.38. The van der Waals surface area contributed by atoms with Crippen LogP contribution in [0.4, 0.5) is 0 Å². The molecule has 0 radical (unpaired) electrons. The van der Waals surface area contributed by atoms with Crippen LogP contribution in [0.1, 0.15) is 25.0 Å². The SMILES string of the molecule is CC[C@H](O)c1ccc(OC[C@H]2CO2)c(OC)c1. The molecular formula is C13H18O4. The van der Waals surface area contributed by atoms with Crippen molar-refractivity contribution in [1.82, 2.24) is 0 Å². The number of methoxy groups -OCH3 is 1. The van der Waals surface area contributed by atoms with E-state index in [2.05, 4.69) is 0 Å². The number of rotatable bonds is 6. The molecule has 2 atom stereocenters. The van der Waals surface area contributed by atoms with Crippen molar-refractivity contribution in [3.05, 3.63) is 23.8 Å². The Morgan fingerprint density at radius 2 is 2.24 bits per heavy atom. The average molecular weight is 238 g/mol. The zero-order valence-electron chi connectivity index (χ0n) is 10.2. The highest BCUT2D eigenvalue weighted by atomic mass is 16.6. The molecule has 1 aliphatic rings. The summed E-state index contributed by atoms with van der Waals surface area (Å²) >= 11 is 0. The summed E-state index contributed by atoms with van der Waals surface area (Å²) in [4.78, 5) is 0. The van der Waals surface area contributed by atoms with Crippen LogP contribution in [-0.4, -0.2) is 31.5 Å². The molecule has 2 rings (SSSR count). The van der Waals surface area contributed by atoms with E-state index in [1.54, 1.807) is 7.11 Å². The fraction of sp³-hybridized carbons (Fsp3) is 0.538. The highest BCUT2D eigenvalue weighted by molar-refractivity contribution is 5.43. The van der Waals surface area contributed by atoms with Crippen LogP contribution in [0.5, 0.6) is 11.5 Å². The van der Waals surface area contributed by atoms with Gasteiger partial charge in [0, 0.05) is 0 Å². The maximum Gasteiger partial charge on any atom is 0.161 e. The van der Waals surface area contributed by atoms with Crippen molar-refractivity contribution in [2.75, 3.05) is 20.3 Å². The molecule has 4 heteroatoms. The molecule has 0 unspecified atom stereocenters. The Labute approximate surface area is 101 Å². The van der Waals surface area contributed by atoms with E-state index in [-0.39, 0.29) is 6.10 Å². The predicted molar refractivity (Wildman–Crippen MR) is 63.5 cm³/mol. The predicted octanol–water partition coefficient (Wildman–Crippen LogP) is 1.92. The normalized spacial score (nSPS) is 19.8. The van der Waals surface area contributed by atoms with Gasteiger partial charge in [0.1, 0.15) is 12.7 Å². The van der Waals surface area contributed by atoms with Gasteiger partial charge in [-0.1, -0.05) is 13.0 Å². The molecule has 0 aliphatic carbocycles. The molecule has 0 bridgehead atoms. The van der Waals surface area contributed by atoms with E-state index in [1.165, 1.54) is 0 Å². The van der Waals surface area contributed by atoms with Crippen LogP contribution in [-0.2, 0) is 4.74 Å². The Hall–Kier alpha value is -1.26. The molecule has 17 heavy (non-hydrogen) atoms. The van der Waals surface area contributed by atoms with E-state index in [0.29, 0.717) is 24.5 Å². The molecule has 0 amide bonds. The van der Waals surface area contributed by atoms with Crippen molar-refractivity contribution >= 4 is 0 Å². The molecule has 1 aliphatic heterocycles. The number of epoxide rings is 1. The molecule has 4 nitrogen and oxygen atoms in total. The standard InChI is InChI=1S/C13H18O4/c1-3-11(14)9-4-5-12(13(6-9)15-2)17-8-10-7-16-10/h4-6,10-11,14H,3,7-8H2,1-2H3/t10-,11+/m1/s1. The van der Waals surface area contributed by atoms with E-state index in [0.717, 1.165) is 12.2 Å². The molecule has 0 aromatic heterocycles. The van der Waals surface area contributed by atoms with Gasteiger partial charge >= 0.3 is 0 Å². The summed E-state index contributed by atoms with van der Waals surface area (Å²) < 4.78 is 15.9. The van der Waals surface area contributed by atoms with Gasteiger partial charge in [0.2, 0.25) is 0 Å². The van der Waals surface area contributed by atoms with Gasteiger partial charge < -0.3 is 19.3 Å². The van der Waals surface area contributed by atoms with Crippen molar-refractivity contribution in [3.63, 3.8) is 0 Å². The Kier molecular flexibility index (Phi) is 3.86. The third-order valence-corrected chi connectivity index (χ3v) is 2.79. The summed E-state index contributed by atoms with van der Waals surface area (Å²) in [5.41, 5.74) is 0.847. The molecule has 0 spiro atoms. The maximum atomic E-state index is 9.75. The largest absolute Gasteiger partial charge is 0.493 e. The van der Waals surface area contributed by atoms with Gasteiger partial charge in [-0.25, -0.2) is 0 Å². The summed E-state index contributed by atoms with van der Waals surface area (Å²) in [5, 5.41) is 9.75. The van der Waals surface area contributed by atoms with Crippen molar-refractivity contribution in [2.24, 2.45) is 0 Å². The fourth-order valence-electron chi connectivity index (χ4n) is 1.59. The molecular weight excluding hydrogens is 220 g/mol. The molecule has 1 aromatic carbocycles. The lowest BCUT2D eigenvalue weighted by Gasteiger charge is -2.13. The first kappa shape index (κ1) is 12.2. The summed E-state index contributed by atoms with van der Waals surface area (Å²) in [7, 11) is 1.60. The van der Waals surface area contributed by atoms with Crippen LogP contribution in [0.3, 0.4) is 0 Å². The topological polar surface area (TPSA) is 51.2 Å². The molecule has 1 aromatic rings. The van der Waals surface area contributed by atoms with Gasteiger partial charge in [-0.3, -0.25) is 0 Å². The van der Waals surface area contributed by atoms with Crippen molar-refractivity contribution < 1.29 is 19.3 Å². The highest BCUT2D eigenvalue weighted by Gasteiger charge is 2.23. The first-order valence-corrected chi connectivity index (χ1v) is 5.85. The highest BCUT2D eigenvalue weighted by Crippen LogP contribution is 2.31. The van der Waals surface area contributed by atoms with Crippen LogP contribution < -0.4 is 9.47 Å². The summed E-state index contributed by atoms with van der Waals surface area (Å²) in [6, 6.07) is 5.51. The fourth-order valence-corrected chi connectivity index (χ4v) is 1.59. The van der Waals surface area contributed by atoms with Crippen LogP contribution in [0.2, 0.25) is 0 Å². The molecule has 94 valence electrons. The van der Waals surface area contributed by atoms with Crippen LogP contribution in [0, 0.1) is 0 Å². The average Bonchev–Trinajstić information content (AvgIpc) is 3.19. The Bertz CT molecular complexity index is 374. The zero-order valence-corrected chi connectivity index (χ0v) is 10.2. The Balaban J connectivity index is 2.09. The number of aliphatic hydroxyl groups is 1. The van der Waals surface area contributed by atoms with Gasteiger partial charge in [-0.05, 0) is 24.1 Å². The van der Waals surface area contributed by atoms with Crippen molar-refractivity contribution in [1.29, 1.82) is 0 Å². The molecule has 1 saturated heterocycles. The van der Waals surface area contributed by atoms with Crippen LogP contribution in [0.25, 0.3) is 0 Å². The van der Waals surface area contributed by atoms with Gasteiger partial charge in [-0.15, -0.1) is 0 Å². The lowest BCUT2D eigenvalue weighted by atomic mass is 10.1. The van der Waals surface area contributed by atoms with Crippen molar-refractivity contribution in [3.8, 4) is 11.5 Å². The van der Waals surface area contributed by atoms with Crippen LogP contribution >= 0.6 is 0 Å². The summed E-state index contributed by atoms with van der Waals surface area (Å²) in [5.74, 6) is 1.34. The first-order valence-electron chi connectivity index (χ1n) is 5.85. The van der Waals surface area contributed by atoms with Crippen LogP contribution in [0.15, 0.2) is 18.2 Å². The monoisotopic (exact) mass is 238 g/mol. The Morgan fingerprint density at radius 3 is 2.82 bits per heavy atom. The first-order chi connectivity index (χ1) is 8.24. The lowest BCUT2D eigenvalue weighted by molar-refractivity contribution is 0.173. The minimum atomic E-state index is -0.454. The third kappa shape index (κ3) is 3.11. The summed E-state index contributed by atoms with van der Waals surface area (Å²) in [6.45, 7) is 3.26. The molecule has 1 heterocycles. The van der Waals surface area contributed by atoms with Gasteiger partial charge in [-0.2, -0.15) is 0 Å². The van der Waals surface area contributed by atoms with E-state index in [4.69, 9.17) is 14.2 Å². The van der Waals surface area contributed by atoms with E-state index >= 15 is 0 Å². The van der Waals surface area contributed by atoms with E-state index < -0.39 is 6.10 Å². The number of benzene rings is 1. The smallest absolute Gasteiger partial charge is 0.161 e. The zero-order chi connectivity index (χ0) is 12.3. The van der Waals surface area contributed by atoms with E-state index in [9.17, 15) is 5.11 Å². The third-order valence-electron chi connectivity index (χ3n) is 2.79. The Morgan fingerprint density at radius 1 is 1.47 bits per heavy atom. The maximum absolute atomic E-state index is 9.75. The molecule has 1 N–H and O–H groups in total. The quantitative estimate of drug-likeness (QED) is 0.769. The van der Waals surface area contributed by atoms with Crippen molar-refractivity contribution in [2.45, 2.75) is 25.6 Å². The number of aliphatic hydroxyl groups excluding tert-OH is 1. The van der Waals surface area contributed by atoms with Gasteiger partial charge in [0.05, 0.1) is 19.8 Å². The number of hydrogen-bond acceptors (Lipinski definition) is 4. The number of ether oxygens (including phenoxy) is 3. The molecule has 0 saturated carbocycles. The molecule has 1 fully saturated rings. The minimum Gasteiger partial charge on any atom is -0.493 e. The second-order valence-corrected chi connectivity index (χ2v) is 4.10. The number of hydrogen-bond donors (Lipinski definition) is 1. The lowest BCUT2D eigenvalue weighted by Crippen LogP contribution is -2.05. The van der Waals surface area contributed by atoms with E-state index in [1.807, 2.05) is 25.1 Å². The second-order valence-electron chi connectivity index (χ2n) is 4.10.